The van der Waals surface area contributed by atoms with E-state index in [1.54, 1.807) is 6.08 Å². The van der Waals surface area contributed by atoms with Crippen LogP contribution in [-0.4, -0.2) is 41.6 Å². The van der Waals surface area contributed by atoms with Crippen LogP contribution in [0.15, 0.2) is 24.8 Å². The molecule has 2 fully saturated rings. The summed E-state index contributed by atoms with van der Waals surface area (Å²) < 4.78 is 5.52. The number of benzene rings is 1. The number of carbonyl (C=O) groups excluding carboxylic acids is 1. The van der Waals surface area contributed by atoms with E-state index in [2.05, 4.69) is 6.58 Å². The van der Waals surface area contributed by atoms with E-state index in [9.17, 15) is 9.59 Å². The Kier molecular flexibility index (Phi) is 4.25. The van der Waals surface area contributed by atoms with Crippen molar-refractivity contribution in [3.63, 3.8) is 0 Å². The zero-order valence-electron chi connectivity index (χ0n) is 12.2. The predicted octanol–water partition coefficient (Wildman–Crippen LogP) is 3.60. The molecule has 0 spiro atoms. The summed E-state index contributed by atoms with van der Waals surface area (Å²) in [6.45, 7) is 4.64. The first kappa shape index (κ1) is 16.1. The lowest BCUT2D eigenvalue weighted by molar-refractivity contribution is 0.0931. The molecule has 7 heteroatoms. The van der Waals surface area contributed by atoms with Crippen molar-refractivity contribution in [2.45, 2.75) is 0 Å². The van der Waals surface area contributed by atoms with Gasteiger partial charge in [-0.05, 0) is 17.9 Å². The smallest absolute Gasteiger partial charge is 0.407 e. The van der Waals surface area contributed by atoms with E-state index in [-0.39, 0.29) is 30.1 Å². The zero-order chi connectivity index (χ0) is 16.7. The molecule has 1 aromatic rings. The molecule has 1 saturated heterocycles. The van der Waals surface area contributed by atoms with Crippen LogP contribution in [0.5, 0.6) is 5.75 Å². The van der Waals surface area contributed by atoms with Gasteiger partial charge in [-0.3, -0.25) is 4.79 Å². The number of carbonyl (C=O) groups is 2. The maximum atomic E-state index is 12.8. The lowest BCUT2D eigenvalue weighted by Gasteiger charge is -2.16. The summed E-state index contributed by atoms with van der Waals surface area (Å²) in [7, 11) is 0. The second-order valence-electron chi connectivity index (χ2n) is 5.77. The molecular formula is C16H15Cl2NO4. The molecule has 1 amide bonds. The van der Waals surface area contributed by atoms with Gasteiger partial charge in [0.2, 0.25) is 0 Å². The number of likely N-dealkylation sites (tertiary alicyclic amines) is 1. The number of halogens is 2. The highest BCUT2D eigenvalue weighted by Crippen LogP contribution is 2.54. The van der Waals surface area contributed by atoms with E-state index >= 15 is 0 Å². The van der Waals surface area contributed by atoms with E-state index in [0.29, 0.717) is 34.4 Å². The molecule has 1 N–H and O–H groups in total. The normalized spacial score (nSPS) is 25.0. The topological polar surface area (TPSA) is 66.8 Å². The molecule has 1 saturated carbocycles. The summed E-state index contributed by atoms with van der Waals surface area (Å²) in [5, 5.41) is 9.59. The molecule has 2 aliphatic rings. The minimum absolute atomic E-state index is 0.0670. The average Bonchev–Trinajstić information content (AvgIpc) is 3.00. The summed E-state index contributed by atoms with van der Waals surface area (Å²) in [5.41, 5.74) is 0.391. The zero-order valence-corrected chi connectivity index (χ0v) is 13.7. The fourth-order valence-electron chi connectivity index (χ4n) is 3.24. The number of Topliss-reactive ketones (excluding diaryl/α,β-unsaturated/α-hetero) is 1. The van der Waals surface area contributed by atoms with Crippen molar-refractivity contribution < 1.29 is 19.4 Å². The molecule has 122 valence electrons. The summed E-state index contributed by atoms with van der Waals surface area (Å²) in [4.78, 5) is 25.1. The number of hydrogen-bond acceptors (Lipinski definition) is 3. The van der Waals surface area contributed by atoms with Crippen LogP contribution in [0.25, 0.3) is 0 Å². The fraction of sp³-hybridized carbons (Fsp3) is 0.375. The van der Waals surface area contributed by atoms with Crippen LogP contribution in [-0.2, 0) is 0 Å². The first-order valence-corrected chi connectivity index (χ1v) is 7.94. The van der Waals surface area contributed by atoms with Gasteiger partial charge in [-0.25, -0.2) is 4.79 Å². The van der Waals surface area contributed by atoms with E-state index in [4.69, 9.17) is 33.0 Å². The number of nitrogens with zero attached hydrogens (tertiary/aromatic N) is 1. The average molecular weight is 356 g/mol. The van der Waals surface area contributed by atoms with Gasteiger partial charge in [-0.15, -0.1) is 0 Å². The Labute approximate surface area is 143 Å². The second-order valence-corrected chi connectivity index (χ2v) is 6.58. The molecule has 23 heavy (non-hydrogen) atoms. The Morgan fingerprint density at radius 2 is 1.91 bits per heavy atom. The van der Waals surface area contributed by atoms with Crippen LogP contribution in [0.2, 0.25) is 10.0 Å². The van der Waals surface area contributed by atoms with Crippen LogP contribution in [0, 0.1) is 17.8 Å². The largest absolute Gasteiger partial charge is 0.489 e. The molecular weight excluding hydrogens is 341 g/mol. The van der Waals surface area contributed by atoms with Crippen LogP contribution >= 0.6 is 23.2 Å². The summed E-state index contributed by atoms with van der Waals surface area (Å²) in [6, 6.07) is 3.05. The van der Waals surface area contributed by atoms with E-state index < -0.39 is 6.09 Å². The van der Waals surface area contributed by atoms with Gasteiger partial charge in [0.05, 0.1) is 15.6 Å². The van der Waals surface area contributed by atoms with Crippen molar-refractivity contribution in [3.05, 3.63) is 40.4 Å². The minimum atomic E-state index is -0.937. The predicted molar refractivity (Wildman–Crippen MR) is 86.6 cm³/mol. The molecule has 1 heterocycles. The molecule has 3 rings (SSSR count). The second kappa shape index (κ2) is 6.06. The lowest BCUT2D eigenvalue weighted by Crippen LogP contribution is -2.31. The molecule has 3 atom stereocenters. The third-order valence-corrected chi connectivity index (χ3v) is 5.13. The number of carboxylic acid groups (broad SMARTS) is 1. The Bertz CT molecular complexity index is 679. The first-order valence-electron chi connectivity index (χ1n) is 7.19. The summed E-state index contributed by atoms with van der Waals surface area (Å²) >= 11 is 12.0. The molecule has 0 unspecified atom stereocenters. The summed E-state index contributed by atoms with van der Waals surface area (Å²) in [6.07, 6.45) is 0.640. The maximum Gasteiger partial charge on any atom is 0.407 e. The van der Waals surface area contributed by atoms with Crippen molar-refractivity contribution in [2.24, 2.45) is 17.8 Å². The highest BCUT2D eigenvalue weighted by atomic mass is 35.5. The molecule has 0 bridgehead atoms. The number of ether oxygens (including phenoxy) is 1. The van der Waals surface area contributed by atoms with Crippen LogP contribution < -0.4 is 4.74 Å². The number of amides is 1. The van der Waals surface area contributed by atoms with Crippen molar-refractivity contribution in [1.82, 2.24) is 4.90 Å². The Morgan fingerprint density at radius 1 is 1.30 bits per heavy atom. The Morgan fingerprint density at radius 3 is 2.48 bits per heavy atom. The molecule has 0 aromatic heterocycles. The first-order chi connectivity index (χ1) is 10.9. The van der Waals surface area contributed by atoms with Crippen molar-refractivity contribution in [1.29, 1.82) is 0 Å². The van der Waals surface area contributed by atoms with Gasteiger partial charge in [0.1, 0.15) is 12.4 Å². The van der Waals surface area contributed by atoms with E-state index in [1.165, 1.54) is 17.0 Å². The van der Waals surface area contributed by atoms with Gasteiger partial charge in [0, 0.05) is 25.1 Å². The molecule has 5 nitrogen and oxygen atoms in total. The number of ketones is 1. The van der Waals surface area contributed by atoms with Gasteiger partial charge < -0.3 is 14.7 Å². The van der Waals surface area contributed by atoms with Gasteiger partial charge in [0.25, 0.3) is 0 Å². The molecule has 1 aliphatic carbocycles. The number of piperidine rings is 1. The SMILES string of the molecule is C=CCOc1cc(Cl)c(Cl)cc1C(=O)[C@H]1[C@@H]2CN(C(=O)O)C[C@@H]21. The third kappa shape index (κ3) is 2.91. The number of fused-ring (bicyclic) bond motifs is 1. The van der Waals surface area contributed by atoms with Crippen molar-refractivity contribution in [3.8, 4) is 5.75 Å². The fourth-order valence-corrected chi connectivity index (χ4v) is 3.56. The Hall–Kier alpha value is -1.72. The van der Waals surface area contributed by atoms with Gasteiger partial charge in [-0.1, -0.05) is 35.9 Å². The van der Waals surface area contributed by atoms with Crippen LogP contribution in [0.4, 0.5) is 4.79 Å². The highest BCUT2D eigenvalue weighted by molar-refractivity contribution is 6.42. The van der Waals surface area contributed by atoms with Gasteiger partial charge in [-0.2, -0.15) is 0 Å². The number of rotatable bonds is 5. The van der Waals surface area contributed by atoms with E-state index in [0.717, 1.165) is 0 Å². The van der Waals surface area contributed by atoms with Crippen LogP contribution in [0.1, 0.15) is 10.4 Å². The van der Waals surface area contributed by atoms with Crippen molar-refractivity contribution in [2.75, 3.05) is 19.7 Å². The Balaban J connectivity index is 1.80. The standard InChI is InChI=1S/C16H15Cl2NO4/c1-2-3-23-13-5-12(18)11(17)4-8(13)15(20)14-9-6-19(16(21)22)7-10(9)14/h2,4-5,9-10,14H,1,3,6-7H2,(H,21,22)/t9-,10+,14+. The molecule has 1 aromatic carbocycles. The molecule has 1 aliphatic heterocycles. The monoisotopic (exact) mass is 355 g/mol. The van der Waals surface area contributed by atoms with Gasteiger partial charge in [0.15, 0.2) is 5.78 Å². The minimum Gasteiger partial charge on any atom is -0.489 e. The van der Waals surface area contributed by atoms with E-state index in [1.807, 2.05) is 0 Å². The highest BCUT2D eigenvalue weighted by Gasteiger charge is 2.60. The quantitative estimate of drug-likeness (QED) is 0.647. The number of hydrogen-bond donors (Lipinski definition) is 1. The summed E-state index contributed by atoms with van der Waals surface area (Å²) in [5.74, 6) is 0.307. The van der Waals surface area contributed by atoms with Gasteiger partial charge >= 0.3 is 6.09 Å². The third-order valence-electron chi connectivity index (χ3n) is 4.41. The van der Waals surface area contributed by atoms with Crippen LogP contribution in [0.3, 0.4) is 0 Å². The lowest BCUT2D eigenvalue weighted by atomic mass is 10.0. The maximum absolute atomic E-state index is 12.8. The van der Waals surface area contributed by atoms with Crippen molar-refractivity contribution >= 4 is 35.1 Å². The molecule has 0 radical (unpaired) electrons.